The Morgan fingerprint density at radius 2 is 1.33 bits per heavy atom. The van der Waals surface area contributed by atoms with Crippen LogP contribution in [0.5, 0.6) is 0 Å². The number of hydrogen-bond acceptors (Lipinski definition) is 1. The summed E-state index contributed by atoms with van der Waals surface area (Å²) in [5, 5.41) is 3.28. The lowest BCUT2D eigenvalue weighted by molar-refractivity contribution is 0.590. The molecule has 0 aliphatic heterocycles. The topological polar surface area (TPSA) is 12.0 Å². The van der Waals surface area contributed by atoms with Crippen LogP contribution in [0.4, 0.5) is 0 Å². The van der Waals surface area contributed by atoms with Crippen molar-refractivity contribution in [3.8, 4) is 11.1 Å². The van der Waals surface area contributed by atoms with Gasteiger partial charge in [-0.3, -0.25) is 0 Å². The minimum atomic E-state index is 0.214. The van der Waals surface area contributed by atoms with E-state index in [0.717, 1.165) is 6.42 Å². The van der Waals surface area contributed by atoms with Crippen molar-refractivity contribution < 1.29 is 0 Å². The molecule has 1 nitrogen and oxygen atoms in total. The van der Waals surface area contributed by atoms with E-state index in [2.05, 4.69) is 81.5 Å². The smallest absolute Gasteiger partial charge is 0.00761 e. The number of rotatable bonds is 4. The van der Waals surface area contributed by atoms with Gasteiger partial charge in [-0.05, 0) is 48.1 Å². The van der Waals surface area contributed by atoms with E-state index in [9.17, 15) is 0 Å². The molecular weight excluding hydrogens is 254 g/mol. The Bertz CT molecular complexity index is 558. The highest BCUT2D eigenvalue weighted by Crippen LogP contribution is 2.26. The van der Waals surface area contributed by atoms with Gasteiger partial charge in [0, 0.05) is 6.04 Å². The van der Waals surface area contributed by atoms with Gasteiger partial charge < -0.3 is 5.32 Å². The van der Waals surface area contributed by atoms with Gasteiger partial charge in [-0.25, -0.2) is 0 Å². The summed E-state index contributed by atoms with van der Waals surface area (Å²) in [5.41, 5.74) is 5.55. The fourth-order valence-electron chi connectivity index (χ4n) is 2.45. The van der Waals surface area contributed by atoms with Gasteiger partial charge in [-0.15, -0.1) is 0 Å². The first kappa shape index (κ1) is 15.8. The third-order valence-corrected chi connectivity index (χ3v) is 4.07. The van der Waals surface area contributed by atoms with Crippen LogP contribution in [-0.2, 0) is 11.8 Å². The van der Waals surface area contributed by atoms with Gasteiger partial charge in [0.05, 0.1) is 0 Å². The van der Waals surface area contributed by atoms with Gasteiger partial charge in [-0.1, -0.05) is 69.3 Å². The zero-order valence-corrected chi connectivity index (χ0v) is 13.9. The largest absolute Gasteiger partial charge is 0.317 e. The number of nitrogens with one attached hydrogen (secondary N) is 1. The molecule has 0 amide bonds. The maximum absolute atomic E-state index is 3.28. The van der Waals surface area contributed by atoms with Gasteiger partial charge >= 0.3 is 0 Å². The van der Waals surface area contributed by atoms with E-state index in [0.29, 0.717) is 6.04 Å². The first-order valence-electron chi connectivity index (χ1n) is 7.77. The summed E-state index contributed by atoms with van der Waals surface area (Å²) in [6.45, 7) is 8.96. The summed E-state index contributed by atoms with van der Waals surface area (Å²) in [5.74, 6) is 0. The van der Waals surface area contributed by atoms with Crippen LogP contribution >= 0.6 is 0 Å². The lowest BCUT2D eigenvalue weighted by Crippen LogP contribution is -2.23. The molecule has 1 atom stereocenters. The van der Waals surface area contributed by atoms with Gasteiger partial charge in [0.15, 0.2) is 0 Å². The van der Waals surface area contributed by atoms with Crippen molar-refractivity contribution in [3.05, 3.63) is 59.7 Å². The summed E-state index contributed by atoms with van der Waals surface area (Å²) >= 11 is 0. The molecule has 1 N–H and O–H groups in total. The van der Waals surface area contributed by atoms with Crippen molar-refractivity contribution in [2.45, 2.75) is 45.6 Å². The lowest BCUT2D eigenvalue weighted by Gasteiger charge is -2.19. The van der Waals surface area contributed by atoms with Crippen LogP contribution in [0, 0.1) is 0 Å². The molecule has 112 valence electrons. The van der Waals surface area contributed by atoms with Crippen molar-refractivity contribution in [3.63, 3.8) is 0 Å². The third-order valence-electron chi connectivity index (χ3n) is 4.07. The predicted molar refractivity (Wildman–Crippen MR) is 92.8 cm³/mol. The molecule has 2 rings (SSSR count). The molecule has 0 aromatic heterocycles. The SMILES string of the molecule is CNC(C)Cc1ccc(-c2ccc(C(C)(C)C)cc2)cc1. The van der Waals surface area contributed by atoms with Crippen LogP contribution in [0.1, 0.15) is 38.8 Å². The Balaban J connectivity index is 2.15. The molecule has 0 spiro atoms. The molecule has 0 fully saturated rings. The molecule has 2 aromatic rings. The van der Waals surface area contributed by atoms with E-state index < -0.39 is 0 Å². The number of benzene rings is 2. The van der Waals surface area contributed by atoms with Gasteiger partial charge in [0.25, 0.3) is 0 Å². The van der Waals surface area contributed by atoms with E-state index in [1.54, 1.807) is 0 Å². The molecule has 0 bridgehead atoms. The van der Waals surface area contributed by atoms with E-state index in [4.69, 9.17) is 0 Å². The minimum Gasteiger partial charge on any atom is -0.317 e. The molecular formula is C20H27N. The van der Waals surface area contributed by atoms with Crippen LogP contribution in [0.15, 0.2) is 48.5 Å². The fourth-order valence-corrected chi connectivity index (χ4v) is 2.45. The summed E-state index contributed by atoms with van der Waals surface area (Å²) in [6, 6.07) is 18.4. The van der Waals surface area contributed by atoms with E-state index in [-0.39, 0.29) is 5.41 Å². The third kappa shape index (κ3) is 4.18. The van der Waals surface area contributed by atoms with Crippen LogP contribution in [-0.4, -0.2) is 13.1 Å². The van der Waals surface area contributed by atoms with Gasteiger partial charge in [-0.2, -0.15) is 0 Å². The highest BCUT2D eigenvalue weighted by Gasteiger charge is 2.13. The van der Waals surface area contributed by atoms with Crippen LogP contribution in [0.25, 0.3) is 11.1 Å². The fraction of sp³-hybridized carbons (Fsp3) is 0.400. The van der Waals surface area contributed by atoms with Crippen molar-refractivity contribution in [2.75, 3.05) is 7.05 Å². The zero-order valence-electron chi connectivity index (χ0n) is 13.9. The molecule has 0 saturated carbocycles. The van der Waals surface area contributed by atoms with Crippen molar-refractivity contribution in [2.24, 2.45) is 0 Å². The summed E-state index contributed by atoms with van der Waals surface area (Å²) in [7, 11) is 2.01. The van der Waals surface area contributed by atoms with Crippen molar-refractivity contribution in [1.82, 2.24) is 5.32 Å². The first-order chi connectivity index (χ1) is 9.90. The maximum Gasteiger partial charge on any atom is 0.00761 e. The quantitative estimate of drug-likeness (QED) is 0.848. The Labute approximate surface area is 129 Å². The Morgan fingerprint density at radius 1 is 0.857 bits per heavy atom. The van der Waals surface area contributed by atoms with Crippen LogP contribution < -0.4 is 5.32 Å². The second-order valence-electron chi connectivity index (χ2n) is 6.92. The molecule has 0 saturated heterocycles. The van der Waals surface area contributed by atoms with E-state index in [1.165, 1.54) is 22.3 Å². The normalized spacial score (nSPS) is 13.2. The average molecular weight is 281 g/mol. The lowest BCUT2D eigenvalue weighted by atomic mass is 9.86. The van der Waals surface area contributed by atoms with E-state index in [1.807, 2.05) is 7.05 Å². The second kappa shape index (κ2) is 6.44. The number of hydrogen-bond donors (Lipinski definition) is 1. The molecule has 21 heavy (non-hydrogen) atoms. The Hall–Kier alpha value is -1.60. The zero-order chi connectivity index (χ0) is 15.5. The molecule has 0 heterocycles. The Kier molecular flexibility index (Phi) is 4.84. The van der Waals surface area contributed by atoms with Gasteiger partial charge in [0.1, 0.15) is 0 Å². The monoisotopic (exact) mass is 281 g/mol. The summed E-state index contributed by atoms with van der Waals surface area (Å²) < 4.78 is 0. The molecule has 0 aliphatic carbocycles. The molecule has 2 aromatic carbocycles. The summed E-state index contributed by atoms with van der Waals surface area (Å²) in [4.78, 5) is 0. The molecule has 0 aliphatic rings. The average Bonchev–Trinajstić information content (AvgIpc) is 2.47. The van der Waals surface area contributed by atoms with E-state index >= 15 is 0 Å². The van der Waals surface area contributed by atoms with Crippen LogP contribution in [0.3, 0.4) is 0 Å². The maximum atomic E-state index is 3.28. The highest BCUT2D eigenvalue weighted by molar-refractivity contribution is 5.64. The second-order valence-corrected chi connectivity index (χ2v) is 6.92. The van der Waals surface area contributed by atoms with Crippen molar-refractivity contribution >= 4 is 0 Å². The highest BCUT2D eigenvalue weighted by atomic mass is 14.8. The van der Waals surface area contributed by atoms with Crippen molar-refractivity contribution in [1.29, 1.82) is 0 Å². The molecule has 1 unspecified atom stereocenters. The van der Waals surface area contributed by atoms with Crippen LogP contribution in [0.2, 0.25) is 0 Å². The van der Waals surface area contributed by atoms with Gasteiger partial charge in [0.2, 0.25) is 0 Å². The minimum absolute atomic E-state index is 0.214. The molecule has 1 heteroatoms. The summed E-state index contributed by atoms with van der Waals surface area (Å²) in [6.07, 6.45) is 1.07. The first-order valence-corrected chi connectivity index (χ1v) is 7.77. The standard InChI is InChI=1S/C20H27N/c1-15(21-5)14-16-6-8-17(9-7-16)18-10-12-19(13-11-18)20(2,3)4/h6-13,15,21H,14H2,1-5H3. The predicted octanol–water partition coefficient (Wildman–Crippen LogP) is 4.80. The number of likely N-dealkylation sites (N-methyl/N-ethyl adjacent to an activating group) is 1. The Morgan fingerprint density at radius 3 is 1.76 bits per heavy atom. The molecule has 0 radical (unpaired) electrons.